The van der Waals surface area contributed by atoms with E-state index in [2.05, 4.69) is 125 Å². The lowest BCUT2D eigenvalue weighted by Crippen LogP contribution is -2.20. The van der Waals surface area contributed by atoms with E-state index in [0.717, 1.165) is 28.4 Å². The van der Waals surface area contributed by atoms with E-state index in [4.69, 9.17) is 4.74 Å². The van der Waals surface area contributed by atoms with Crippen molar-refractivity contribution >= 4 is 38.6 Å². The first-order valence-corrected chi connectivity index (χ1v) is 12.4. The summed E-state index contributed by atoms with van der Waals surface area (Å²) in [4.78, 5) is 2.48. The monoisotopic (exact) mass is 457 g/mol. The fourth-order valence-electron chi connectivity index (χ4n) is 5.53. The smallest absolute Gasteiger partial charge is 0.155 e. The summed E-state index contributed by atoms with van der Waals surface area (Å²) < 4.78 is 6.69. The Morgan fingerprint density at radius 2 is 1.20 bits per heavy atom. The third-order valence-corrected chi connectivity index (χ3v) is 7.26. The number of hydrogen-bond acceptors (Lipinski definition) is 2. The van der Waals surface area contributed by atoms with Gasteiger partial charge in [-0.05, 0) is 71.3 Å². The van der Waals surface area contributed by atoms with E-state index < -0.39 is 0 Å². The fraction of sp³-hybridized carbons (Fsp3) is 0.212. The maximum absolute atomic E-state index is 6.69. The van der Waals surface area contributed by atoms with Crippen LogP contribution < -0.4 is 9.64 Å². The number of ether oxygens (including phenoxy) is 1. The highest BCUT2D eigenvalue weighted by molar-refractivity contribution is 6.11. The number of rotatable bonds is 1. The predicted molar refractivity (Wildman–Crippen MR) is 149 cm³/mol. The molecule has 0 saturated carbocycles. The van der Waals surface area contributed by atoms with Crippen LogP contribution in [-0.2, 0) is 5.41 Å². The molecule has 1 aliphatic heterocycles. The van der Waals surface area contributed by atoms with Crippen molar-refractivity contribution in [2.24, 2.45) is 0 Å². The molecule has 0 saturated heterocycles. The molecule has 0 aromatic heterocycles. The van der Waals surface area contributed by atoms with Crippen molar-refractivity contribution in [3.05, 3.63) is 101 Å². The standard InChI is InChI=1S/C33H31NO/c1-20-18-25(33(4,5)6)19-21(2)29(20)34-30-26-13-9-7-11-23(26)15-16-28(30)35-32-22(3)17-24-12-8-10-14-27(24)31(32)34/h7-19H,1-6H3. The number of benzene rings is 5. The summed E-state index contributed by atoms with van der Waals surface area (Å²) in [5.74, 6) is 1.83. The molecule has 0 atom stereocenters. The van der Waals surface area contributed by atoms with Gasteiger partial charge in [-0.25, -0.2) is 0 Å². The van der Waals surface area contributed by atoms with Gasteiger partial charge in [0.15, 0.2) is 11.5 Å². The minimum absolute atomic E-state index is 0.0882. The van der Waals surface area contributed by atoms with Crippen LogP contribution in [0.3, 0.4) is 0 Å². The quantitative estimate of drug-likeness (QED) is 0.244. The summed E-state index contributed by atoms with van der Waals surface area (Å²) in [5.41, 5.74) is 8.60. The molecule has 0 unspecified atom stereocenters. The van der Waals surface area contributed by atoms with Crippen LogP contribution in [0.5, 0.6) is 11.5 Å². The van der Waals surface area contributed by atoms with E-state index in [1.54, 1.807) is 0 Å². The molecule has 35 heavy (non-hydrogen) atoms. The van der Waals surface area contributed by atoms with Gasteiger partial charge in [0, 0.05) is 10.8 Å². The second kappa shape index (κ2) is 7.61. The van der Waals surface area contributed by atoms with Gasteiger partial charge in [0.2, 0.25) is 0 Å². The molecule has 0 bridgehead atoms. The summed E-state index contributed by atoms with van der Waals surface area (Å²) in [5, 5.41) is 4.83. The molecule has 6 rings (SSSR count). The number of hydrogen-bond donors (Lipinski definition) is 0. The lowest BCUT2D eigenvalue weighted by Gasteiger charge is -2.37. The summed E-state index contributed by atoms with van der Waals surface area (Å²) >= 11 is 0. The highest BCUT2D eigenvalue weighted by atomic mass is 16.5. The second-order valence-electron chi connectivity index (χ2n) is 10.9. The van der Waals surface area contributed by atoms with Crippen molar-refractivity contribution in [1.82, 2.24) is 0 Å². The van der Waals surface area contributed by atoms with Gasteiger partial charge >= 0.3 is 0 Å². The first-order valence-electron chi connectivity index (χ1n) is 12.4. The van der Waals surface area contributed by atoms with Crippen LogP contribution in [0, 0.1) is 20.8 Å². The van der Waals surface area contributed by atoms with Crippen LogP contribution in [0.15, 0.2) is 78.9 Å². The van der Waals surface area contributed by atoms with Gasteiger partial charge in [-0.2, -0.15) is 0 Å². The van der Waals surface area contributed by atoms with E-state index in [0.29, 0.717) is 0 Å². The molecule has 2 nitrogen and oxygen atoms in total. The summed E-state index contributed by atoms with van der Waals surface area (Å²) in [6, 6.07) is 28.5. The van der Waals surface area contributed by atoms with E-state index in [1.807, 2.05) is 0 Å². The lowest BCUT2D eigenvalue weighted by atomic mass is 9.84. The highest BCUT2D eigenvalue weighted by Gasteiger charge is 2.32. The Kier molecular flexibility index (Phi) is 4.73. The summed E-state index contributed by atoms with van der Waals surface area (Å²) in [7, 11) is 0. The Labute approximate surface area is 207 Å². The Morgan fingerprint density at radius 1 is 0.600 bits per heavy atom. The average molecular weight is 458 g/mol. The molecular weight excluding hydrogens is 426 g/mol. The van der Waals surface area contributed by atoms with Crippen LogP contribution in [0.2, 0.25) is 0 Å². The van der Waals surface area contributed by atoms with Crippen molar-refractivity contribution < 1.29 is 4.74 Å². The van der Waals surface area contributed by atoms with E-state index >= 15 is 0 Å². The highest BCUT2D eigenvalue weighted by Crippen LogP contribution is 2.57. The summed E-state index contributed by atoms with van der Waals surface area (Å²) in [6.45, 7) is 13.5. The van der Waals surface area contributed by atoms with Crippen molar-refractivity contribution in [3.8, 4) is 11.5 Å². The van der Waals surface area contributed by atoms with Crippen molar-refractivity contribution in [2.75, 3.05) is 4.90 Å². The molecule has 0 fully saturated rings. The maximum atomic E-state index is 6.69. The van der Waals surface area contributed by atoms with E-state index in [9.17, 15) is 0 Å². The average Bonchev–Trinajstić information content (AvgIpc) is 2.82. The van der Waals surface area contributed by atoms with Crippen molar-refractivity contribution in [2.45, 2.75) is 47.0 Å². The normalized spacial score (nSPS) is 13.0. The SMILES string of the molecule is Cc1cc2ccccc2c2c1Oc1ccc3ccccc3c1N2c1c(C)cc(C(C)(C)C)cc1C. The number of aryl methyl sites for hydroxylation is 3. The Morgan fingerprint density at radius 3 is 1.86 bits per heavy atom. The molecule has 1 heterocycles. The van der Waals surface area contributed by atoms with E-state index in [-0.39, 0.29) is 5.41 Å². The predicted octanol–water partition coefficient (Wildman–Crippen LogP) is 9.79. The fourth-order valence-corrected chi connectivity index (χ4v) is 5.53. The third kappa shape index (κ3) is 3.31. The lowest BCUT2D eigenvalue weighted by molar-refractivity contribution is 0.475. The number of nitrogens with zero attached hydrogens (tertiary/aromatic N) is 1. The van der Waals surface area contributed by atoms with Crippen LogP contribution in [-0.4, -0.2) is 0 Å². The second-order valence-corrected chi connectivity index (χ2v) is 10.9. The first-order chi connectivity index (χ1) is 16.7. The largest absolute Gasteiger partial charge is 0.453 e. The molecule has 0 radical (unpaired) electrons. The maximum Gasteiger partial charge on any atom is 0.155 e. The number of anilines is 3. The molecule has 174 valence electrons. The molecule has 2 heteroatoms. The third-order valence-electron chi connectivity index (χ3n) is 7.26. The molecule has 0 N–H and O–H groups in total. The van der Waals surface area contributed by atoms with E-state index in [1.165, 1.54) is 43.9 Å². The molecule has 5 aromatic carbocycles. The van der Waals surface area contributed by atoms with Crippen LogP contribution >= 0.6 is 0 Å². The summed E-state index contributed by atoms with van der Waals surface area (Å²) in [6.07, 6.45) is 0. The van der Waals surface area contributed by atoms with Gasteiger partial charge in [-0.1, -0.05) is 87.5 Å². The van der Waals surface area contributed by atoms with Crippen LogP contribution in [0.25, 0.3) is 21.5 Å². The van der Waals surface area contributed by atoms with Gasteiger partial charge in [-0.3, -0.25) is 0 Å². The molecular formula is C33H31NO. The first kappa shape index (κ1) is 21.7. The minimum atomic E-state index is 0.0882. The molecule has 5 aromatic rings. The zero-order chi connectivity index (χ0) is 24.5. The molecule has 0 amide bonds. The topological polar surface area (TPSA) is 12.5 Å². The van der Waals surface area contributed by atoms with Gasteiger partial charge in [-0.15, -0.1) is 0 Å². The van der Waals surface area contributed by atoms with Crippen LogP contribution in [0.4, 0.5) is 17.1 Å². The molecule has 0 aliphatic carbocycles. The molecule has 1 aliphatic rings. The van der Waals surface area contributed by atoms with Crippen LogP contribution in [0.1, 0.15) is 43.0 Å². The van der Waals surface area contributed by atoms with Crippen molar-refractivity contribution in [3.63, 3.8) is 0 Å². The number of fused-ring (bicyclic) bond motifs is 6. The Hall–Kier alpha value is -3.78. The van der Waals surface area contributed by atoms with Gasteiger partial charge in [0.25, 0.3) is 0 Å². The van der Waals surface area contributed by atoms with Gasteiger partial charge in [0.05, 0.1) is 17.1 Å². The minimum Gasteiger partial charge on any atom is -0.453 e. The zero-order valence-electron chi connectivity index (χ0n) is 21.4. The van der Waals surface area contributed by atoms with Gasteiger partial charge in [0.1, 0.15) is 0 Å². The van der Waals surface area contributed by atoms with Gasteiger partial charge < -0.3 is 9.64 Å². The Bertz CT molecular complexity index is 1610. The zero-order valence-corrected chi connectivity index (χ0v) is 21.4. The Balaban J connectivity index is 1.77. The molecule has 0 spiro atoms. The van der Waals surface area contributed by atoms with Crippen molar-refractivity contribution in [1.29, 1.82) is 0 Å².